The van der Waals surface area contributed by atoms with Gasteiger partial charge in [-0.1, -0.05) is 0 Å². The largest absolute Gasteiger partial charge is 0.383 e. The molecule has 1 saturated heterocycles. The number of ether oxygens (including phenoxy) is 1. The summed E-state index contributed by atoms with van der Waals surface area (Å²) in [6.45, 7) is 2.34. The highest BCUT2D eigenvalue weighted by Crippen LogP contribution is 2.33. The lowest BCUT2D eigenvalue weighted by atomic mass is 10.2. The fourth-order valence-electron chi connectivity index (χ4n) is 2.93. The predicted octanol–water partition coefficient (Wildman–Crippen LogP) is 1.54. The van der Waals surface area contributed by atoms with Crippen LogP contribution in [0.1, 0.15) is 35.7 Å². The molecule has 1 amide bonds. The Morgan fingerprint density at radius 2 is 2.30 bits per heavy atom. The number of amides is 1. The van der Waals surface area contributed by atoms with E-state index in [1.807, 2.05) is 4.68 Å². The van der Waals surface area contributed by atoms with E-state index in [1.54, 1.807) is 7.11 Å². The van der Waals surface area contributed by atoms with Crippen molar-refractivity contribution in [3.63, 3.8) is 0 Å². The van der Waals surface area contributed by atoms with Crippen molar-refractivity contribution in [2.24, 2.45) is 11.7 Å². The van der Waals surface area contributed by atoms with Gasteiger partial charge >= 0.3 is 0 Å². The molecule has 2 heterocycles. The highest BCUT2D eigenvalue weighted by Gasteiger charge is 2.31. The summed E-state index contributed by atoms with van der Waals surface area (Å²) in [5, 5.41) is 11.3. The number of anilines is 1. The van der Waals surface area contributed by atoms with Crippen LogP contribution in [0.3, 0.4) is 0 Å². The van der Waals surface area contributed by atoms with Crippen LogP contribution < -0.4 is 16.4 Å². The fraction of sp³-hybridized carbons (Fsp3) is 0.714. The molecule has 9 heteroatoms. The van der Waals surface area contributed by atoms with Crippen molar-refractivity contribution in [3.05, 3.63) is 10.2 Å². The second-order valence-corrected chi connectivity index (χ2v) is 6.85. The number of rotatable bonds is 7. The molecule has 0 bridgehead atoms. The van der Waals surface area contributed by atoms with E-state index in [0.717, 1.165) is 25.3 Å². The van der Waals surface area contributed by atoms with Crippen molar-refractivity contribution < 1.29 is 9.53 Å². The van der Waals surface area contributed by atoms with E-state index in [4.69, 9.17) is 10.5 Å². The van der Waals surface area contributed by atoms with Gasteiger partial charge in [0.05, 0.1) is 12.6 Å². The summed E-state index contributed by atoms with van der Waals surface area (Å²) in [5.41, 5.74) is 5.97. The molecule has 23 heavy (non-hydrogen) atoms. The SMILES string of the molecule is COC[C@H]1C[C@H](n2nc(Br)c(C(N)=O)c2NCC2CC2)CN1.Cl. The molecule has 2 atom stereocenters. The molecule has 0 radical (unpaired) electrons. The van der Waals surface area contributed by atoms with Gasteiger partial charge in [-0.2, -0.15) is 5.10 Å². The first kappa shape index (κ1) is 18.5. The summed E-state index contributed by atoms with van der Waals surface area (Å²) in [6.07, 6.45) is 3.41. The van der Waals surface area contributed by atoms with Crippen LogP contribution in [0.4, 0.5) is 5.82 Å². The Labute approximate surface area is 150 Å². The van der Waals surface area contributed by atoms with Crippen molar-refractivity contribution >= 4 is 40.1 Å². The lowest BCUT2D eigenvalue weighted by Gasteiger charge is -2.16. The number of aromatic nitrogens is 2. The van der Waals surface area contributed by atoms with E-state index in [9.17, 15) is 4.79 Å². The van der Waals surface area contributed by atoms with E-state index >= 15 is 0 Å². The third-order valence-corrected chi connectivity index (χ3v) is 4.84. The van der Waals surface area contributed by atoms with Crippen LogP contribution in [-0.2, 0) is 4.74 Å². The zero-order valence-electron chi connectivity index (χ0n) is 13.0. The molecule has 3 rings (SSSR count). The van der Waals surface area contributed by atoms with E-state index in [1.165, 1.54) is 12.8 Å². The summed E-state index contributed by atoms with van der Waals surface area (Å²) < 4.78 is 7.61. The maximum Gasteiger partial charge on any atom is 0.255 e. The number of hydrogen-bond donors (Lipinski definition) is 3. The monoisotopic (exact) mass is 407 g/mol. The van der Waals surface area contributed by atoms with Gasteiger partial charge in [-0.15, -0.1) is 12.4 Å². The number of nitrogens with one attached hydrogen (secondary N) is 2. The Bertz CT molecular complexity index is 564. The molecular weight excluding hydrogens is 386 g/mol. The van der Waals surface area contributed by atoms with Gasteiger partial charge in [-0.05, 0) is 41.1 Å². The number of halogens is 2. The van der Waals surface area contributed by atoms with Crippen LogP contribution in [0.2, 0.25) is 0 Å². The Balaban J connectivity index is 0.00000192. The normalized spacial score (nSPS) is 23.6. The molecule has 1 saturated carbocycles. The zero-order chi connectivity index (χ0) is 15.7. The average molecular weight is 409 g/mol. The Morgan fingerprint density at radius 3 is 2.91 bits per heavy atom. The molecule has 0 aromatic carbocycles. The average Bonchev–Trinajstić information content (AvgIpc) is 3.08. The van der Waals surface area contributed by atoms with E-state index < -0.39 is 5.91 Å². The van der Waals surface area contributed by atoms with Crippen LogP contribution in [-0.4, -0.2) is 48.5 Å². The smallest absolute Gasteiger partial charge is 0.255 e. The van der Waals surface area contributed by atoms with Crippen molar-refractivity contribution in [2.45, 2.75) is 31.3 Å². The number of primary amides is 1. The number of nitrogens with two attached hydrogens (primary N) is 1. The third kappa shape index (κ3) is 4.17. The minimum Gasteiger partial charge on any atom is -0.383 e. The highest BCUT2D eigenvalue weighted by molar-refractivity contribution is 9.10. The molecule has 130 valence electrons. The second-order valence-electron chi connectivity index (χ2n) is 6.10. The summed E-state index contributed by atoms with van der Waals surface area (Å²) >= 11 is 3.37. The van der Waals surface area contributed by atoms with Crippen molar-refractivity contribution in [1.29, 1.82) is 0 Å². The summed E-state index contributed by atoms with van der Waals surface area (Å²) in [5.74, 6) is 0.970. The second kappa shape index (κ2) is 7.83. The predicted molar refractivity (Wildman–Crippen MR) is 94.2 cm³/mol. The first-order valence-electron chi connectivity index (χ1n) is 7.64. The van der Waals surface area contributed by atoms with Gasteiger partial charge in [0.1, 0.15) is 16.0 Å². The van der Waals surface area contributed by atoms with Crippen LogP contribution in [0.5, 0.6) is 0 Å². The molecule has 7 nitrogen and oxygen atoms in total. The molecule has 1 aliphatic heterocycles. The van der Waals surface area contributed by atoms with E-state index in [0.29, 0.717) is 28.7 Å². The standard InChI is InChI=1S/C14H22BrN5O2.ClH/c1-22-7-9-4-10(6-17-9)20-14(18-5-8-2-3-8)11(13(16)21)12(15)19-20;/h8-10,17-18H,2-7H2,1H3,(H2,16,21);1H/t9-,10+;/m1./s1. The Hall–Kier alpha value is -0.830. The van der Waals surface area contributed by atoms with Crippen LogP contribution in [0, 0.1) is 5.92 Å². The number of hydrogen-bond acceptors (Lipinski definition) is 5. The van der Waals surface area contributed by atoms with Crippen LogP contribution in [0.25, 0.3) is 0 Å². The van der Waals surface area contributed by atoms with Gasteiger partial charge in [0, 0.05) is 26.2 Å². The molecule has 2 aliphatic rings. The minimum absolute atomic E-state index is 0. The van der Waals surface area contributed by atoms with Gasteiger partial charge in [-0.3, -0.25) is 4.79 Å². The van der Waals surface area contributed by atoms with Crippen LogP contribution >= 0.6 is 28.3 Å². The number of nitrogens with zero attached hydrogens (tertiary/aromatic N) is 2. The molecule has 0 unspecified atom stereocenters. The minimum atomic E-state index is -0.462. The molecule has 0 spiro atoms. The lowest BCUT2D eigenvalue weighted by Crippen LogP contribution is -2.25. The van der Waals surface area contributed by atoms with E-state index in [2.05, 4.69) is 31.7 Å². The van der Waals surface area contributed by atoms with Crippen LogP contribution in [0.15, 0.2) is 4.60 Å². The Kier molecular flexibility index (Phi) is 6.30. The number of carbonyl (C=O) groups is 1. The Morgan fingerprint density at radius 1 is 1.57 bits per heavy atom. The van der Waals surface area contributed by atoms with Gasteiger partial charge in [0.25, 0.3) is 5.91 Å². The van der Waals surface area contributed by atoms with Gasteiger partial charge in [0.15, 0.2) is 0 Å². The molecule has 4 N–H and O–H groups in total. The molecule has 1 aliphatic carbocycles. The molecular formula is C14H23BrClN5O2. The molecule has 1 aromatic rings. The first-order chi connectivity index (χ1) is 10.6. The molecule has 2 fully saturated rings. The summed E-state index contributed by atoms with van der Waals surface area (Å²) in [7, 11) is 1.70. The maximum absolute atomic E-state index is 11.8. The topological polar surface area (TPSA) is 94.2 Å². The number of carbonyl (C=O) groups excluding carboxylic acids is 1. The lowest BCUT2D eigenvalue weighted by molar-refractivity contribution is 0.1000. The first-order valence-corrected chi connectivity index (χ1v) is 8.43. The third-order valence-electron chi connectivity index (χ3n) is 4.28. The van der Waals surface area contributed by atoms with Crippen molar-refractivity contribution in [1.82, 2.24) is 15.1 Å². The van der Waals surface area contributed by atoms with Crippen molar-refractivity contribution in [3.8, 4) is 0 Å². The van der Waals surface area contributed by atoms with Gasteiger partial charge in [-0.25, -0.2) is 4.68 Å². The van der Waals surface area contributed by atoms with Gasteiger partial charge < -0.3 is 21.1 Å². The molecule has 1 aromatic heterocycles. The fourth-order valence-corrected chi connectivity index (χ4v) is 3.49. The number of methoxy groups -OCH3 is 1. The highest BCUT2D eigenvalue weighted by atomic mass is 79.9. The quantitative estimate of drug-likeness (QED) is 0.636. The van der Waals surface area contributed by atoms with E-state index in [-0.39, 0.29) is 18.4 Å². The van der Waals surface area contributed by atoms with Crippen molar-refractivity contribution in [2.75, 3.05) is 32.1 Å². The summed E-state index contributed by atoms with van der Waals surface area (Å²) in [6, 6.07) is 0.498. The summed E-state index contributed by atoms with van der Waals surface area (Å²) in [4.78, 5) is 11.8. The maximum atomic E-state index is 11.8. The zero-order valence-corrected chi connectivity index (χ0v) is 15.5. The van der Waals surface area contributed by atoms with Gasteiger partial charge in [0.2, 0.25) is 0 Å².